The van der Waals surface area contributed by atoms with E-state index in [1.54, 1.807) is 12.3 Å². The molecule has 0 aromatic heterocycles. The van der Waals surface area contributed by atoms with Gasteiger partial charge in [-0.2, -0.15) is 5.10 Å². The largest absolute Gasteiger partial charge is 0.504 e. The summed E-state index contributed by atoms with van der Waals surface area (Å²) in [5, 5.41) is 16.9. The Morgan fingerprint density at radius 2 is 2.05 bits per heavy atom. The quantitative estimate of drug-likeness (QED) is 0.857. The molecule has 1 heterocycles. The molecule has 0 radical (unpaired) electrons. The third-order valence-corrected chi connectivity index (χ3v) is 3.81. The van der Waals surface area contributed by atoms with E-state index < -0.39 is 0 Å². The van der Waals surface area contributed by atoms with Crippen LogP contribution in [0.15, 0.2) is 23.3 Å². The Balaban J connectivity index is 2.16. The maximum absolute atomic E-state index is 10.1. The number of ether oxygens (including phenoxy) is 1. The Hall–Kier alpha value is -1.71. The first kappa shape index (κ1) is 14.7. The van der Waals surface area contributed by atoms with Crippen molar-refractivity contribution in [3.8, 4) is 11.5 Å². The summed E-state index contributed by atoms with van der Waals surface area (Å²) in [6.07, 6.45) is 5.34. The maximum atomic E-state index is 10.1. The summed E-state index contributed by atoms with van der Waals surface area (Å²) in [7, 11) is 0. The number of phenolic OH excluding ortho intramolecular Hbond substituents is 1. The number of nitrogens with zero attached hydrogens (tertiary/aromatic N) is 2. The van der Waals surface area contributed by atoms with Crippen LogP contribution in [0.4, 0.5) is 0 Å². The van der Waals surface area contributed by atoms with Crippen molar-refractivity contribution in [2.45, 2.75) is 52.1 Å². The van der Waals surface area contributed by atoms with E-state index in [4.69, 9.17) is 4.74 Å². The van der Waals surface area contributed by atoms with E-state index in [1.165, 1.54) is 19.3 Å². The lowest BCUT2D eigenvalue weighted by atomic mass is 10.00. The van der Waals surface area contributed by atoms with Crippen LogP contribution in [0, 0.1) is 0 Å². The molecule has 1 fully saturated rings. The van der Waals surface area contributed by atoms with Crippen LogP contribution in [0.2, 0.25) is 0 Å². The predicted molar refractivity (Wildman–Crippen MR) is 81.5 cm³/mol. The Labute approximate surface area is 121 Å². The van der Waals surface area contributed by atoms with Crippen LogP contribution in [-0.2, 0) is 0 Å². The number of hydrogen-bond acceptors (Lipinski definition) is 4. The van der Waals surface area contributed by atoms with Crippen molar-refractivity contribution in [1.29, 1.82) is 0 Å². The first-order valence-corrected chi connectivity index (χ1v) is 7.40. The number of piperidine rings is 1. The molecule has 1 N–H and O–H groups in total. The van der Waals surface area contributed by atoms with E-state index in [0.29, 0.717) is 30.0 Å². The van der Waals surface area contributed by atoms with Crippen LogP contribution in [0.25, 0.3) is 0 Å². The molecule has 0 saturated carbocycles. The van der Waals surface area contributed by atoms with Gasteiger partial charge in [0.15, 0.2) is 11.5 Å². The van der Waals surface area contributed by atoms with Gasteiger partial charge in [-0.15, -0.1) is 0 Å². The Kier molecular flexibility index (Phi) is 4.88. The highest BCUT2D eigenvalue weighted by Crippen LogP contribution is 2.29. The number of benzene rings is 1. The van der Waals surface area contributed by atoms with Crippen molar-refractivity contribution in [3.05, 3.63) is 23.8 Å². The van der Waals surface area contributed by atoms with Gasteiger partial charge < -0.3 is 9.84 Å². The number of rotatable bonds is 4. The summed E-state index contributed by atoms with van der Waals surface area (Å²) >= 11 is 0. The fourth-order valence-electron chi connectivity index (χ4n) is 2.68. The first-order valence-electron chi connectivity index (χ1n) is 7.40. The topological polar surface area (TPSA) is 45.1 Å². The number of hydrogen-bond donors (Lipinski definition) is 1. The minimum absolute atomic E-state index is 0.162. The van der Waals surface area contributed by atoms with Gasteiger partial charge in [-0.05, 0) is 52.2 Å². The second-order valence-corrected chi connectivity index (χ2v) is 5.38. The molecule has 1 aliphatic heterocycles. The summed E-state index contributed by atoms with van der Waals surface area (Å²) in [4.78, 5) is 0. The lowest BCUT2D eigenvalue weighted by Crippen LogP contribution is -2.39. The standard InChI is InChI=1S/C16H24N2O2/c1-4-20-15-10-6-9-14(16(15)19)11-17-18-12(2)7-5-8-13(18)3/h6,9-13,19H,4-5,7-8H2,1-3H3/b17-11+/t12-,13-/m1/s1. The zero-order valence-electron chi connectivity index (χ0n) is 12.5. The lowest BCUT2D eigenvalue weighted by Gasteiger charge is -2.36. The molecule has 4 heteroatoms. The van der Waals surface area contributed by atoms with Gasteiger partial charge in [0.05, 0.1) is 12.8 Å². The van der Waals surface area contributed by atoms with Crippen LogP contribution >= 0.6 is 0 Å². The number of para-hydroxylation sites is 1. The zero-order valence-corrected chi connectivity index (χ0v) is 12.5. The van der Waals surface area contributed by atoms with Crippen LogP contribution in [0.1, 0.15) is 45.6 Å². The van der Waals surface area contributed by atoms with Crippen molar-refractivity contribution >= 4 is 6.21 Å². The van der Waals surface area contributed by atoms with E-state index in [-0.39, 0.29) is 5.75 Å². The fraction of sp³-hybridized carbons (Fsp3) is 0.562. The van der Waals surface area contributed by atoms with Crippen LogP contribution < -0.4 is 4.74 Å². The molecule has 0 amide bonds. The third kappa shape index (κ3) is 3.24. The van der Waals surface area contributed by atoms with E-state index in [1.807, 2.05) is 19.1 Å². The van der Waals surface area contributed by atoms with Crippen molar-refractivity contribution in [3.63, 3.8) is 0 Å². The predicted octanol–water partition coefficient (Wildman–Crippen LogP) is 3.39. The number of hydrazone groups is 1. The summed E-state index contributed by atoms with van der Waals surface area (Å²) < 4.78 is 5.39. The summed E-state index contributed by atoms with van der Waals surface area (Å²) in [5.74, 6) is 0.673. The van der Waals surface area contributed by atoms with Crippen LogP contribution in [-0.4, -0.2) is 35.0 Å². The van der Waals surface area contributed by atoms with Crippen molar-refractivity contribution in [2.75, 3.05) is 6.61 Å². The van der Waals surface area contributed by atoms with Crippen molar-refractivity contribution in [1.82, 2.24) is 5.01 Å². The van der Waals surface area contributed by atoms with Crippen molar-refractivity contribution < 1.29 is 9.84 Å². The Morgan fingerprint density at radius 3 is 2.70 bits per heavy atom. The van der Waals surface area contributed by atoms with E-state index in [9.17, 15) is 5.11 Å². The molecular formula is C16H24N2O2. The minimum Gasteiger partial charge on any atom is -0.504 e. The second-order valence-electron chi connectivity index (χ2n) is 5.38. The highest BCUT2D eigenvalue weighted by atomic mass is 16.5. The molecule has 0 aliphatic carbocycles. The highest BCUT2D eigenvalue weighted by Gasteiger charge is 2.22. The van der Waals surface area contributed by atoms with Crippen molar-refractivity contribution in [2.24, 2.45) is 5.10 Å². The monoisotopic (exact) mass is 276 g/mol. The summed E-state index contributed by atoms with van der Waals surface area (Å²) in [6.45, 7) is 6.83. The summed E-state index contributed by atoms with van der Waals surface area (Å²) in [5.41, 5.74) is 0.695. The molecule has 1 aromatic rings. The molecule has 4 nitrogen and oxygen atoms in total. The van der Waals surface area contributed by atoms with Gasteiger partial charge in [0.1, 0.15) is 0 Å². The molecule has 0 spiro atoms. The molecular weight excluding hydrogens is 252 g/mol. The molecule has 2 atom stereocenters. The Bertz CT molecular complexity index is 464. The maximum Gasteiger partial charge on any atom is 0.166 e. The first-order chi connectivity index (χ1) is 9.63. The average Bonchev–Trinajstić information content (AvgIpc) is 2.42. The smallest absolute Gasteiger partial charge is 0.166 e. The summed E-state index contributed by atoms with van der Waals surface area (Å²) in [6, 6.07) is 6.39. The fourth-order valence-corrected chi connectivity index (χ4v) is 2.68. The molecule has 20 heavy (non-hydrogen) atoms. The molecule has 2 rings (SSSR count). The third-order valence-electron chi connectivity index (χ3n) is 3.81. The minimum atomic E-state index is 0.162. The second kappa shape index (κ2) is 6.64. The molecule has 1 aliphatic rings. The number of aromatic hydroxyl groups is 1. The Morgan fingerprint density at radius 1 is 1.35 bits per heavy atom. The molecule has 1 aromatic carbocycles. The SMILES string of the molecule is CCOc1cccc(/C=N/N2[C@H](C)CCC[C@H]2C)c1O. The van der Waals surface area contributed by atoms with Gasteiger partial charge in [0.2, 0.25) is 0 Å². The van der Waals surface area contributed by atoms with E-state index in [0.717, 1.165) is 0 Å². The molecule has 1 saturated heterocycles. The normalized spacial score (nSPS) is 23.2. The van der Waals surface area contributed by atoms with Gasteiger partial charge in [-0.1, -0.05) is 6.07 Å². The highest BCUT2D eigenvalue weighted by molar-refractivity contribution is 5.84. The number of phenols is 1. The van der Waals surface area contributed by atoms with Crippen LogP contribution in [0.3, 0.4) is 0 Å². The lowest BCUT2D eigenvalue weighted by molar-refractivity contribution is 0.109. The van der Waals surface area contributed by atoms with Crippen LogP contribution in [0.5, 0.6) is 11.5 Å². The molecule has 0 bridgehead atoms. The average molecular weight is 276 g/mol. The van der Waals surface area contributed by atoms with E-state index in [2.05, 4.69) is 24.0 Å². The zero-order chi connectivity index (χ0) is 14.5. The molecule has 110 valence electrons. The van der Waals surface area contributed by atoms with Gasteiger partial charge in [-0.3, -0.25) is 5.01 Å². The van der Waals surface area contributed by atoms with Gasteiger partial charge >= 0.3 is 0 Å². The van der Waals surface area contributed by atoms with Gasteiger partial charge in [0, 0.05) is 17.6 Å². The van der Waals surface area contributed by atoms with E-state index >= 15 is 0 Å². The van der Waals surface area contributed by atoms with Gasteiger partial charge in [0.25, 0.3) is 0 Å². The van der Waals surface area contributed by atoms with Gasteiger partial charge in [-0.25, -0.2) is 0 Å². The molecule has 0 unspecified atom stereocenters.